The van der Waals surface area contributed by atoms with Crippen LogP contribution >= 0.6 is 0 Å². The number of ether oxygens (including phenoxy) is 1. The number of carbonyl (C=O) groups is 1. The van der Waals surface area contributed by atoms with Gasteiger partial charge in [0, 0.05) is 25.4 Å². The van der Waals surface area contributed by atoms with E-state index in [9.17, 15) is 4.79 Å². The fourth-order valence-electron chi connectivity index (χ4n) is 4.08. The molecule has 0 atom stereocenters. The number of nitrogens with zero attached hydrogens (tertiary/aromatic N) is 2. The molecular weight excluding hydrogens is 398 g/mol. The van der Waals surface area contributed by atoms with Gasteiger partial charge in [0.2, 0.25) is 5.91 Å². The summed E-state index contributed by atoms with van der Waals surface area (Å²) in [6.07, 6.45) is 4.48. The maximum Gasteiger partial charge on any atom is 0.223 e. The summed E-state index contributed by atoms with van der Waals surface area (Å²) in [5, 5.41) is 3.10. The lowest BCUT2D eigenvalue weighted by Crippen LogP contribution is -2.32. The minimum atomic E-state index is 0.103. The zero-order valence-corrected chi connectivity index (χ0v) is 20.0. The fraction of sp³-hybridized carbons (Fsp3) is 0.481. The molecule has 0 bridgehead atoms. The topological polar surface area (TPSA) is 56.2 Å². The number of unbranched alkanes of at least 4 members (excludes halogenated alkanes) is 1. The van der Waals surface area contributed by atoms with Gasteiger partial charge in [-0.25, -0.2) is 4.98 Å². The van der Waals surface area contributed by atoms with E-state index in [2.05, 4.69) is 74.0 Å². The number of benzene rings is 2. The van der Waals surface area contributed by atoms with Crippen LogP contribution < -0.4 is 10.1 Å². The van der Waals surface area contributed by atoms with Gasteiger partial charge in [-0.15, -0.1) is 0 Å². The smallest absolute Gasteiger partial charge is 0.223 e. The largest absolute Gasteiger partial charge is 0.493 e. The van der Waals surface area contributed by atoms with E-state index in [1.54, 1.807) is 0 Å². The van der Waals surface area contributed by atoms with Crippen molar-refractivity contribution >= 4 is 16.9 Å². The second kappa shape index (κ2) is 11.7. The van der Waals surface area contributed by atoms with Crippen LogP contribution in [0.3, 0.4) is 0 Å². The standard InChI is InChI=1S/C27H37N3O2/c1-5-22(6-2)27(31)28-16-15-26-29-23-11-7-8-12-24(23)30(26)17-9-10-18-32-25-19-20(3)13-14-21(25)4/h7-8,11-14,19,22H,5-6,9-10,15-18H2,1-4H3,(H,28,31). The quantitative estimate of drug-likeness (QED) is 0.376. The molecule has 3 aromatic rings. The molecule has 0 spiro atoms. The highest BCUT2D eigenvalue weighted by molar-refractivity contribution is 5.78. The Morgan fingerprint density at radius 1 is 1.09 bits per heavy atom. The highest BCUT2D eigenvalue weighted by Crippen LogP contribution is 2.20. The lowest BCUT2D eigenvalue weighted by atomic mass is 10.0. The van der Waals surface area contributed by atoms with Gasteiger partial charge in [0.1, 0.15) is 11.6 Å². The normalized spacial score (nSPS) is 11.3. The van der Waals surface area contributed by atoms with E-state index >= 15 is 0 Å². The molecule has 2 aromatic carbocycles. The van der Waals surface area contributed by atoms with Gasteiger partial charge in [-0.1, -0.05) is 38.1 Å². The summed E-state index contributed by atoms with van der Waals surface area (Å²) < 4.78 is 8.32. The molecule has 1 N–H and O–H groups in total. The number of hydrogen-bond donors (Lipinski definition) is 1. The Balaban J connectivity index is 1.56. The van der Waals surface area contributed by atoms with Gasteiger partial charge in [0.25, 0.3) is 0 Å². The molecule has 172 valence electrons. The number of fused-ring (bicyclic) bond motifs is 1. The highest BCUT2D eigenvalue weighted by atomic mass is 16.5. The molecule has 0 unspecified atom stereocenters. The Morgan fingerprint density at radius 3 is 2.66 bits per heavy atom. The van der Waals surface area contributed by atoms with Crippen molar-refractivity contribution in [2.75, 3.05) is 13.2 Å². The molecule has 0 saturated heterocycles. The van der Waals surface area contributed by atoms with Crippen LogP contribution in [0.2, 0.25) is 0 Å². The molecule has 0 aliphatic carbocycles. The molecule has 0 radical (unpaired) electrons. The first-order valence-electron chi connectivity index (χ1n) is 11.9. The van der Waals surface area contributed by atoms with Crippen molar-refractivity contribution in [1.82, 2.24) is 14.9 Å². The van der Waals surface area contributed by atoms with Gasteiger partial charge >= 0.3 is 0 Å². The average molecular weight is 436 g/mol. The minimum Gasteiger partial charge on any atom is -0.493 e. The van der Waals surface area contributed by atoms with Crippen molar-refractivity contribution in [2.24, 2.45) is 5.92 Å². The summed E-state index contributed by atoms with van der Waals surface area (Å²) in [5.41, 5.74) is 4.56. The summed E-state index contributed by atoms with van der Waals surface area (Å²) in [5.74, 6) is 2.27. The summed E-state index contributed by atoms with van der Waals surface area (Å²) in [4.78, 5) is 17.1. The molecule has 1 heterocycles. The molecule has 0 fully saturated rings. The van der Waals surface area contributed by atoms with Crippen molar-refractivity contribution in [3.63, 3.8) is 0 Å². The van der Waals surface area contributed by atoms with Crippen molar-refractivity contribution < 1.29 is 9.53 Å². The number of amides is 1. The van der Waals surface area contributed by atoms with Gasteiger partial charge < -0.3 is 14.6 Å². The van der Waals surface area contributed by atoms with Crippen molar-refractivity contribution in [1.29, 1.82) is 0 Å². The molecule has 3 rings (SSSR count). The van der Waals surface area contributed by atoms with Gasteiger partial charge in [0.05, 0.1) is 17.6 Å². The first-order chi connectivity index (χ1) is 15.5. The molecule has 5 nitrogen and oxygen atoms in total. The zero-order chi connectivity index (χ0) is 22.9. The van der Waals surface area contributed by atoms with Crippen LogP contribution in [0.25, 0.3) is 11.0 Å². The highest BCUT2D eigenvalue weighted by Gasteiger charge is 2.15. The SMILES string of the molecule is CCC(CC)C(=O)NCCc1nc2ccccc2n1CCCCOc1cc(C)ccc1C. The third-order valence-electron chi connectivity index (χ3n) is 6.12. The van der Waals surface area contributed by atoms with Crippen LogP contribution in [0.15, 0.2) is 42.5 Å². The lowest BCUT2D eigenvalue weighted by Gasteiger charge is -2.14. The first kappa shape index (κ1) is 23.8. The van der Waals surface area contributed by atoms with Gasteiger partial charge in [-0.05, 0) is 68.9 Å². The van der Waals surface area contributed by atoms with Crippen LogP contribution in [0.4, 0.5) is 0 Å². The summed E-state index contributed by atoms with van der Waals surface area (Å²) in [6, 6.07) is 14.6. The van der Waals surface area contributed by atoms with Crippen molar-refractivity contribution in [3.05, 3.63) is 59.4 Å². The van der Waals surface area contributed by atoms with Crippen LogP contribution in [0.5, 0.6) is 5.75 Å². The molecule has 1 amide bonds. The maximum atomic E-state index is 12.3. The summed E-state index contributed by atoms with van der Waals surface area (Å²) >= 11 is 0. The monoisotopic (exact) mass is 435 g/mol. The van der Waals surface area contributed by atoms with E-state index in [1.165, 1.54) is 11.1 Å². The van der Waals surface area contributed by atoms with E-state index in [-0.39, 0.29) is 11.8 Å². The summed E-state index contributed by atoms with van der Waals surface area (Å²) in [6.45, 7) is 10.5. The van der Waals surface area contributed by atoms with E-state index < -0.39 is 0 Å². The molecule has 32 heavy (non-hydrogen) atoms. The zero-order valence-electron chi connectivity index (χ0n) is 20.0. The van der Waals surface area contributed by atoms with Crippen molar-refractivity contribution in [2.45, 2.75) is 66.3 Å². The van der Waals surface area contributed by atoms with Gasteiger partial charge in [-0.3, -0.25) is 4.79 Å². The Kier molecular flexibility index (Phi) is 8.72. The number of carbonyl (C=O) groups excluding carboxylic acids is 1. The second-order valence-electron chi connectivity index (χ2n) is 8.55. The van der Waals surface area contributed by atoms with Crippen LogP contribution in [-0.2, 0) is 17.8 Å². The lowest BCUT2D eigenvalue weighted by molar-refractivity contribution is -0.125. The van der Waals surface area contributed by atoms with Crippen LogP contribution in [0.1, 0.15) is 56.5 Å². The molecule has 1 aromatic heterocycles. The number of imidazole rings is 1. The van der Waals surface area contributed by atoms with E-state index in [0.717, 1.165) is 61.3 Å². The predicted molar refractivity (Wildman–Crippen MR) is 131 cm³/mol. The first-order valence-corrected chi connectivity index (χ1v) is 11.9. The average Bonchev–Trinajstić information content (AvgIpc) is 3.14. The third kappa shape index (κ3) is 6.12. The third-order valence-corrected chi connectivity index (χ3v) is 6.12. The van der Waals surface area contributed by atoms with E-state index in [1.807, 2.05) is 6.07 Å². The Bertz CT molecular complexity index is 1020. The Morgan fingerprint density at radius 2 is 1.88 bits per heavy atom. The maximum absolute atomic E-state index is 12.3. The number of nitrogens with one attached hydrogen (secondary N) is 1. The van der Waals surface area contributed by atoms with Crippen molar-refractivity contribution in [3.8, 4) is 5.75 Å². The molecule has 0 aliphatic rings. The van der Waals surface area contributed by atoms with E-state index in [4.69, 9.17) is 9.72 Å². The number of aromatic nitrogens is 2. The molecule has 0 aliphatic heterocycles. The van der Waals surface area contributed by atoms with Gasteiger partial charge in [-0.2, -0.15) is 0 Å². The number of para-hydroxylation sites is 2. The number of rotatable bonds is 12. The molecule has 5 heteroatoms. The van der Waals surface area contributed by atoms with Crippen LogP contribution in [0, 0.1) is 19.8 Å². The fourth-order valence-corrected chi connectivity index (χ4v) is 4.08. The number of aryl methyl sites for hydroxylation is 3. The molecule has 0 saturated carbocycles. The Labute approximate surface area is 192 Å². The Hall–Kier alpha value is -2.82. The summed E-state index contributed by atoms with van der Waals surface area (Å²) in [7, 11) is 0. The van der Waals surface area contributed by atoms with Gasteiger partial charge in [0.15, 0.2) is 0 Å². The number of hydrogen-bond acceptors (Lipinski definition) is 3. The predicted octanol–water partition coefficient (Wildman–Crippen LogP) is 5.61. The van der Waals surface area contributed by atoms with Crippen LogP contribution in [-0.4, -0.2) is 28.6 Å². The van der Waals surface area contributed by atoms with E-state index in [0.29, 0.717) is 13.2 Å². The molecular formula is C27H37N3O2. The second-order valence-corrected chi connectivity index (χ2v) is 8.55. The minimum absolute atomic E-state index is 0.103.